The van der Waals surface area contributed by atoms with Crippen molar-refractivity contribution in [1.82, 2.24) is 10.1 Å². The smallest absolute Gasteiger partial charge is 0.259 e. The van der Waals surface area contributed by atoms with Crippen LogP contribution >= 0.6 is 15.9 Å². The molecule has 0 fully saturated rings. The molecule has 20 heavy (non-hydrogen) atoms. The molecular weight excluding hydrogens is 326 g/mol. The first-order valence-electron chi connectivity index (χ1n) is 6.15. The van der Waals surface area contributed by atoms with Crippen LogP contribution < -0.4 is 5.73 Å². The van der Waals surface area contributed by atoms with Gasteiger partial charge in [0.2, 0.25) is 0 Å². The standard InChI is InChI=1S/C13H16BrN3O3/c1-18-6-7-19-5-4-12-16-13(20-17-12)10-8-9(15)2-3-11(10)14/h2-3,8H,4-7,15H2,1H3. The molecule has 0 saturated carbocycles. The van der Waals surface area contributed by atoms with Gasteiger partial charge in [0.05, 0.1) is 25.4 Å². The third-order valence-corrected chi connectivity index (χ3v) is 3.28. The summed E-state index contributed by atoms with van der Waals surface area (Å²) in [6.07, 6.45) is 0.590. The van der Waals surface area contributed by atoms with E-state index in [1.165, 1.54) is 0 Å². The Kier molecular flexibility index (Phi) is 5.51. The highest BCUT2D eigenvalue weighted by Crippen LogP contribution is 2.28. The van der Waals surface area contributed by atoms with Crippen LogP contribution in [-0.2, 0) is 15.9 Å². The maximum atomic E-state index is 5.76. The monoisotopic (exact) mass is 341 g/mol. The zero-order chi connectivity index (χ0) is 14.4. The largest absolute Gasteiger partial charge is 0.399 e. The summed E-state index contributed by atoms with van der Waals surface area (Å²) in [4.78, 5) is 4.33. The maximum absolute atomic E-state index is 5.76. The Hall–Kier alpha value is -1.44. The van der Waals surface area contributed by atoms with Crippen LogP contribution in [0, 0.1) is 0 Å². The molecule has 1 heterocycles. The lowest BCUT2D eigenvalue weighted by Gasteiger charge is -2.00. The van der Waals surface area contributed by atoms with Crippen molar-refractivity contribution in [1.29, 1.82) is 0 Å². The second-order valence-corrected chi connectivity index (χ2v) is 4.96. The van der Waals surface area contributed by atoms with Gasteiger partial charge in [0.1, 0.15) is 0 Å². The molecule has 0 aliphatic heterocycles. The van der Waals surface area contributed by atoms with E-state index in [-0.39, 0.29) is 0 Å². The van der Waals surface area contributed by atoms with Crippen LogP contribution in [0.5, 0.6) is 0 Å². The molecule has 0 saturated heterocycles. The topological polar surface area (TPSA) is 83.4 Å². The fourth-order valence-electron chi connectivity index (χ4n) is 1.58. The van der Waals surface area contributed by atoms with Crippen molar-refractivity contribution in [2.24, 2.45) is 0 Å². The number of methoxy groups -OCH3 is 1. The Morgan fingerprint density at radius 2 is 2.15 bits per heavy atom. The minimum absolute atomic E-state index is 0.441. The Morgan fingerprint density at radius 1 is 1.30 bits per heavy atom. The highest BCUT2D eigenvalue weighted by Gasteiger charge is 2.12. The lowest BCUT2D eigenvalue weighted by atomic mass is 10.2. The summed E-state index contributed by atoms with van der Waals surface area (Å²) in [7, 11) is 1.64. The minimum Gasteiger partial charge on any atom is -0.399 e. The summed E-state index contributed by atoms with van der Waals surface area (Å²) in [5, 5.41) is 3.92. The van der Waals surface area contributed by atoms with Gasteiger partial charge in [-0.2, -0.15) is 4.98 Å². The number of aromatic nitrogens is 2. The molecule has 0 spiro atoms. The third-order valence-electron chi connectivity index (χ3n) is 2.59. The SMILES string of the molecule is COCCOCCc1noc(-c2cc(N)ccc2Br)n1. The quantitative estimate of drug-likeness (QED) is 0.614. The minimum atomic E-state index is 0.441. The van der Waals surface area contributed by atoms with E-state index in [1.807, 2.05) is 6.07 Å². The van der Waals surface area contributed by atoms with Crippen molar-refractivity contribution in [2.45, 2.75) is 6.42 Å². The fourth-order valence-corrected chi connectivity index (χ4v) is 2.00. The van der Waals surface area contributed by atoms with E-state index in [2.05, 4.69) is 26.1 Å². The second-order valence-electron chi connectivity index (χ2n) is 4.11. The molecule has 6 nitrogen and oxygen atoms in total. The number of nitrogen functional groups attached to an aromatic ring is 1. The van der Waals surface area contributed by atoms with Crippen LogP contribution in [0.15, 0.2) is 27.2 Å². The average molecular weight is 342 g/mol. The summed E-state index contributed by atoms with van der Waals surface area (Å²) in [5.74, 6) is 1.04. The number of halogens is 1. The number of nitrogens with zero attached hydrogens (tertiary/aromatic N) is 2. The van der Waals surface area contributed by atoms with E-state index < -0.39 is 0 Å². The van der Waals surface area contributed by atoms with E-state index in [4.69, 9.17) is 19.7 Å². The first-order valence-corrected chi connectivity index (χ1v) is 6.94. The van der Waals surface area contributed by atoms with Crippen LogP contribution in [0.2, 0.25) is 0 Å². The van der Waals surface area contributed by atoms with Crippen molar-refractivity contribution in [3.63, 3.8) is 0 Å². The number of rotatable bonds is 7. The number of nitrogens with two attached hydrogens (primary N) is 1. The van der Waals surface area contributed by atoms with Crippen LogP contribution in [0.3, 0.4) is 0 Å². The molecule has 0 bridgehead atoms. The molecule has 0 unspecified atom stereocenters. The molecule has 1 aromatic heterocycles. The van der Waals surface area contributed by atoms with Crippen LogP contribution in [0.25, 0.3) is 11.5 Å². The zero-order valence-electron chi connectivity index (χ0n) is 11.1. The number of hydrogen-bond donors (Lipinski definition) is 1. The summed E-state index contributed by atoms with van der Waals surface area (Å²) in [5.41, 5.74) is 7.18. The van der Waals surface area contributed by atoms with Crippen molar-refractivity contribution in [3.05, 3.63) is 28.5 Å². The van der Waals surface area contributed by atoms with Gasteiger partial charge in [0, 0.05) is 23.7 Å². The average Bonchev–Trinajstić information content (AvgIpc) is 2.90. The van der Waals surface area contributed by atoms with Crippen LogP contribution in [0.1, 0.15) is 5.82 Å². The maximum Gasteiger partial charge on any atom is 0.259 e. The van der Waals surface area contributed by atoms with Gasteiger partial charge in [0.25, 0.3) is 5.89 Å². The van der Waals surface area contributed by atoms with Gasteiger partial charge in [-0.1, -0.05) is 5.16 Å². The van der Waals surface area contributed by atoms with Crippen LogP contribution in [-0.4, -0.2) is 37.1 Å². The van der Waals surface area contributed by atoms with Gasteiger partial charge in [0.15, 0.2) is 5.82 Å². The number of benzene rings is 1. The molecule has 0 amide bonds. The van der Waals surface area contributed by atoms with Crippen molar-refractivity contribution in [3.8, 4) is 11.5 Å². The molecule has 2 N–H and O–H groups in total. The molecule has 7 heteroatoms. The predicted octanol–water partition coefficient (Wildman–Crippen LogP) is 2.29. The highest BCUT2D eigenvalue weighted by atomic mass is 79.9. The second kappa shape index (κ2) is 7.37. The Bertz CT molecular complexity index is 560. The van der Waals surface area contributed by atoms with Gasteiger partial charge in [-0.15, -0.1) is 0 Å². The molecule has 1 aromatic carbocycles. The van der Waals surface area contributed by atoms with Gasteiger partial charge in [-0.3, -0.25) is 0 Å². The van der Waals surface area contributed by atoms with Crippen molar-refractivity contribution >= 4 is 21.6 Å². The predicted molar refractivity (Wildman–Crippen MR) is 78.2 cm³/mol. The summed E-state index contributed by atoms with van der Waals surface area (Å²) < 4.78 is 16.3. The van der Waals surface area contributed by atoms with E-state index >= 15 is 0 Å². The van der Waals surface area contributed by atoms with Gasteiger partial charge < -0.3 is 19.7 Å². The van der Waals surface area contributed by atoms with E-state index in [0.717, 1.165) is 10.0 Å². The Morgan fingerprint density at radius 3 is 2.95 bits per heavy atom. The van der Waals surface area contributed by atoms with E-state index in [1.54, 1.807) is 19.2 Å². The molecule has 0 atom stereocenters. The number of anilines is 1. The normalized spacial score (nSPS) is 10.9. The summed E-state index contributed by atoms with van der Waals surface area (Å²) in [6, 6.07) is 5.44. The van der Waals surface area contributed by atoms with Gasteiger partial charge in [-0.05, 0) is 34.1 Å². The molecule has 2 rings (SSSR count). The lowest BCUT2D eigenvalue weighted by Crippen LogP contribution is -2.05. The van der Waals surface area contributed by atoms with E-state index in [9.17, 15) is 0 Å². The first kappa shape index (κ1) is 15.0. The first-order chi connectivity index (χ1) is 9.70. The van der Waals surface area contributed by atoms with Crippen LogP contribution in [0.4, 0.5) is 5.69 Å². The molecule has 0 aliphatic carbocycles. The molecule has 0 aliphatic rings. The summed E-state index contributed by atoms with van der Waals surface area (Å²) in [6.45, 7) is 1.66. The Balaban J connectivity index is 1.96. The van der Waals surface area contributed by atoms with Gasteiger partial charge in [-0.25, -0.2) is 0 Å². The zero-order valence-corrected chi connectivity index (χ0v) is 12.7. The fraction of sp³-hybridized carbons (Fsp3) is 0.385. The van der Waals surface area contributed by atoms with Crippen molar-refractivity contribution < 1.29 is 14.0 Å². The third kappa shape index (κ3) is 4.03. The summed E-state index contributed by atoms with van der Waals surface area (Å²) >= 11 is 3.44. The Labute approximate surface area is 125 Å². The number of ether oxygens (including phenoxy) is 2. The van der Waals surface area contributed by atoms with E-state index in [0.29, 0.717) is 43.6 Å². The van der Waals surface area contributed by atoms with Crippen molar-refractivity contribution in [2.75, 3.05) is 32.7 Å². The molecule has 0 radical (unpaired) electrons. The number of hydrogen-bond acceptors (Lipinski definition) is 6. The molecule has 2 aromatic rings. The highest BCUT2D eigenvalue weighted by molar-refractivity contribution is 9.10. The molecule has 108 valence electrons. The van der Waals surface area contributed by atoms with Gasteiger partial charge >= 0.3 is 0 Å². The molecular formula is C13H16BrN3O3. The lowest BCUT2D eigenvalue weighted by molar-refractivity contribution is 0.0714.